The van der Waals surface area contributed by atoms with Crippen LogP contribution in [0.3, 0.4) is 0 Å². The molecular formula is C11H24O4S. The molecule has 1 N–H and O–H groups in total. The van der Waals surface area contributed by atoms with E-state index in [2.05, 4.69) is 0 Å². The van der Waals surface area contributed by atoms with Crippen LogP contribution in [0.4, 0.5) is 0 Å². The number of ether oxygens (including phenoxy) is 1. The van der Waals surface area contributed by atoms with Crippen molar-refractivity contribution < 1.29 is 18.3 Å². The summed E-state index contributed by atoms with van der Waals surface area (Å²) in [4.78, 5) is 0. The van der Waals surface area contributed by atoms with Gasteiger partial charge in [-0.1, -0.05) is 6.92 Å². The van der Waals surface area contributed by atoms with Crippen molar-refractivity contribution in [1.29, 1.82) is 0 Å². The fourth-order valence-corrected chi connectivity index (χ4v) is 2.29. The largest absolute Gasteiger partial charge is 0.393 e. The number of sulfone groups is 1. The smallest absolute Gasteiger partial charge is 0.150 e. The van der Waals surface area contributed by atoms with Gasteiger partial charge in [0.15, 0.2) is 0 Å². The van der Waals surface area contributed by atoms with Gasteiger partial charge in [0.25, 0.3) is 0 Å². The summed E-state index contributed by atoms with van der Waals surface area (Å²) in [5.74, 6) is 0.374. The zero-order valence-corrected chi connectivity index (χ0v) is 11.1. The van der Waals surface area contributed by atoms with Gasteiger partial charge in [-0.2, -0.15) is 0 Å². The number of aliphatic hydroxyl groups excluding tert-OH is 1. The first-order valence-electron chi connectivity index (χ1n) is 5.98. The van der Waals surface area contributed by atoms with E-state index in [1.807, 2.05) is 6.92 Å². The molecule has 0 aliphatic carbocycles. The van der Waals surface area contributed by atoms with Crippen molar-refractivity contribution in [3.63, 3.8) is 0 Å². The Kier molecular flexibility index (Phi) is 8.89. The molecule has 0 aliphatic heterocycles. The lowest BCUT2D eigenvalue weighted by Gasteiger charge is -2.10. The summed E-state index contributed by atoms with van der Waals surface area (Å²) in [6, 6.07) is 0. The molecule has 0 radical (unpaired) electrons. The lowest BCUT2D eigenvalue weighted by atomic mass is 10.1. The highest BCUT2D eigenvalue weighted by molar-refractivity contribution is 7.91. The van der Waals surface area contributed by atoms with Crippen molar-refractivity contribution in [2.75, 3.05) is 24.7 Å². The second-order valence-electron chi connectivity index (χ2n) is 3.87. The topological polar surface area (TPSA) is 63.6 Å². The van der Waals surface area contributed by atoms with E-state index in [0.717, 1.165) is 6.42 Å². The molecule has 0 spiro atoms. The van der Waals surface area contributed by atoms with Crippen LogP contribution >= 0.6 is 0 Å². The van der Waals surface area contributed by atoms with Crippen molar-refractivity contribution in [3.05, 3.63) is 0 Å². The van der Waals surface area contributed by atoms with Crippen molar-refractivity contribution in [1.82, 2.24) is 0 Å². The van der Waals surface area contributed by atoms with Gasteiger partial charge < -0.3 is 9.84 Å². The molecule has 4 nitrogen and oxygen atoms in total. The van der Waals surface area contributed by atoms with Gasteiger partial charge in [-0.25, -0.2) is 8.42 Å². The second kappa shape index (κ2) is 8.96. The third-order valence-electron chi connectivity index (χ3n) is 2.46. The van der Waals surface area contributed by atoms with Gasteiger partial charge in [-0.05, 0) is 32.6 Å². The molecule has 0 aliphatic rings. The fraction of sp³-hybridized carbons (Fsp3) is 1.00. The van der Waals surface area contributed by atoms with Crippen LogP contribution in [0, 0.1) is 0 Å². The summed E-state index contributed by atoms with van der Waals surface area (Å²) in [5.41, 5.74) is 0. The number of hydrogen-bond acceptors (Lipinski definition) is 4. The molecule has 0 amide bonds. The van der Waals surface area contributed by atoms with E-state index in [1.54, 1.807) is 6.92 Å². The van der Waals surface area contributed by atoms with E-state index in [0.29, 0.717) is 32.5 Å². The van der Waals surface area contributed by atoms with Gasteiger partial charge in [-0.15, -0.1) is 0 Å². The average Bonchev–Trinajstić information content (AvgIpc) is 2.24. The highest BCUT2D eigenvalue weighted by atomic mass is 32.2. The minimum absolute atomic E-state index is 0.187. The molecule has 16 heavy (non-hydrogen) atoms. The SMILES string of the molecule is CCOCCCC(O)CCCS(=O)(=O)CC. The molecule has 0 bridgehead atoms. The highest BCUT2D eigenvalue weighted by Crippen LogP contribution is 2.06. The van der Waals surface area contributed by atoms with Crippen molar-refractivity contribution in [3.8, 4) is 0 Å². The Hall–Kier alpha value is -0.130. The van der Waals surface area contributed by atoms with Crippen molar-refractivity contribution in [2.24, 2.45) is 0 Å². The minimum atomic E-state index is -2.88. The Balaban J connectivity index is 3.47. The summed E-state index contributed by atoms with van der Waals surface area (Å²) < 4.78 is 27.5. The Labute approximate surface area is 98.9 Å². The summed E-state index contributed by atoms with van der Waals surface area (Å²) in [7, 11) is -2.88. The van der Waals surface area contributed by atoms with Gasteiger partial charge in [0.1, 0.15) is 9.84 Å². The fourth-order valence-electron chi connectivity index (χ4n) is 1.39. The molecule has 1 unspecified atom stereocenters. The van der Waals surface area contributed by atoms with Crippen LogP contribution in [0.25, 0.3) is 0 Å². The molecule has 0 heterocycles. The van der Waals surface area contributed by atoms with Gasteiger partial charge in [-0.3, -0.25) is 0 Å². The summed E-state index contributed by atoms with van der Waals surface area (Å²) in [6.45, 7) is 4.95. The van der Waals surface area contributed by atoms with Crippen LogP contribution in [0.5, 0.6) is 0 Å². The lowest BCUT2D eigenvalue weighted by Crippen LogP contribution is -2.13. The van der Waals surface area contributed by atoms with E-state index in [9.17, 15) is 13.5 Å². The van der Waals surface area contributed by atoms with Crippen molar-refractivity contribution in [2.45, 2.75) is 45.6 Å². The quantitative estimate of drug-likeness (QED) is 0.597. The first kappa shape index (κ1) is 15.9. The van der Waals surface area contributed by atoms with Gasteiger partial charge in [0.05, 0.1) is 11.9 Å². The molecule has 0 rings (SSSR count). The standard InChI is InChI=1S/C11H24O4S/c1-3-15-9-5-7-11(12)8-6-10-16(13,14)4-2/h11-12H,3-10H2,1-2H3. The lowest BCUT2D eigenvalue weighted by molar-refractivity contribution is 0.110. The number of hydrogen-bond donors (Lipinski definition) is 1. The maximum atomic E-state index is 11.2. The van der Waals surface area contributed by atoms with Crippen LogP contribution in [0.15, 0.2) is 0 Å². The molecule has 0 fully saturated rings. The highest BCUT2D eigenvalue weighted by Gasteiger charge is 2.09. The van der Waals surface area contributed by atoms with Crippen LogP contribution in [0.1, 0.15) is 39.5 Å². The monoisotopic (exact) mass is 252 g/mol. The first-order valence-corrected chi connectivity index (χ1v) is 7.80. The number of rotatable bonds is 10. The van der Waals surface area contributed by atoms with Gasteiger partial charge >= 0.3 is 0 Å². The summed E-state index contributed by atoms with van der Waals surface area (Å²) >= 11 is 0. The van der Waals surface area contributed by atoms with Crippen molar-refractivity contribution >= 4 is 9.84 Å². The molecule has 98 valence electrons. The Morgan fingerprint density at radius 1 is 1.19 bits per heavy atom. The zero-order chi connectivity index (χ0) is 12.4. The van der Waals surface area contributed by atoms with Gasteiger partial charge in [0.2, 0.25) is 0 Å². The third kappa shape index (κ3) is 9.12. The molecule has 5 heteroatoms. The normalized spacial score (nSPS) is 13.9. The van der Waals surface area contributed by atoms with Crippen LogP contribution in [-0.4, -0.2) is 44.3 Å². The average molecular weight is 252 g/mol. The molecule has 0 aromatic heterocycles. The van der Waals surface area contributed by atoms with E-state index in [4.69, 9.17) is 4.74 Å². The third-order valence-corrected chi connectivity index (χ3v) is 4.25. The Morgan fingerprint density at radius 2 is 1.81 bits per heavy atom. The van der Waals surface area contributed by atoms with E-state index < -0.39 is 15.9 Å². The van der Waals surface area contributed by atoms with Crippen LogP contribution < -0.4 is 0 Å². The van der Waals surface area contributed by atoms with Crippen LogP contribution in [-0.2, 0) is 14.6 Å². The van der Waals surface area contributed by atoms with E-state index in [-0.39, 0.29) is 11.5 Å². The summed E-state index contributed by atoms with van der Waals surface area (Å²) in [5, 5.41) is 9.57. The Morgan fingerprint density at radius 3 is 2.38 bits per heavy atom. The molecule has 0 saturated carbocycles. The zero-order valence-electron chi connectivity index (χ0n) is 10.3. The van der Waals surface area contributed by atoms with Gasteiger partial charge in [0, 0.05) is 19.0 Å². The van der Waals surface area contributed by atoms with E-state index in [1.165, 1.54) is 0 Å². The number of aliphatic hydroxyl groups is 1. The Bertz CT molecular complexity index is 249. The first-order chi connectivity index (χ1) is 7.52. The van der Waals surface area contributed by atoms with Crippen LogP contribution in [0.2, 0.25) is 0 Å². The summed E-state index contributed by atoms with van der Waals surface area (Å²) in [6.07, 6.45) is 2.23. The predicted octanol–water partition coefficient (Wildman–Crippen LogP) is 1.38. The van der Waals surface area contributed by atoms with E-state index >= 15 is 0 Å². The molecule has 0 aromatic carbocycles. The molecule has 1 atom stereocenters. The molecular weight excluding hydrogens is 228 g/mol. The minimum Gasteiger partial charge on any atom is -0.393 e. The molecule has 0 saturated heterocycles. The maximum Gasteiger partial charge on any atom is 0.150 e. The predicted molar refractivity (Wildman–Crippen MR) is 65.3 cm³/mol. The second-order valence-corrected chi connectivity index (χ2v) is 6.34. The molecule has 0 aromatic rings. The maximum absolute atomic E-state index is 11.2.